The van der Waals surface area contributed by atoms with Gasteiger partial charge in [0, 0.05) is 19.3 Å². The fraction of sp³-hybridized carbons (Fsp3) is 0.381. The highest BCUT2D eigenvalue weighted by Crippen LogP contribution is 2.32. The van der Waals surface area contributed by atoms with Crippen molar-refractivity contribution in [2.45, 2.75) is 31.6 Å². The first kappa shape index (κ1) is 21.1. The minimum Gasteiger partial charge on any atom is -0.492 e. The second-order valence-electron chi connectivity index (χ2n) is 6.91. The van der Waals surface area contributed by atoms with Gasteiger partial charge in [-0.1, -0.05) is 12.1 Å². The van der Waals surface area contributed by atoms with Crippen LogP contribution in [0.1, 0.15) is 24.5 Å². The van der Waals surface area contributed by atoms with Gasteiger partial charge in [-0.05, 0) is 62.1 Å². The lowest BCUT2D eigenvalue weighted by Crippen LogP contribution is -2.37. The second kappa shape index (κ2) is 8.84. The third kappa shape index (κ3) is 4.71. The Morgan fingerprint density at radius 2 is 2.00 bits per heavy atom. The molecule has 0 atom stereocenters. The molecule has 0 unspecified atom stereocenters. The van der Waals surface area contributed by atoms with Gasteiger partial charge in [-0.2, -0.15) is 0 Å². The molecule has 2 aromatic carbocycles. The molecule has 0 aromatic heterocycles. The molecule has 156 valence electrons. The number of rotatable bonds is 7. The molecule has 0 radical (unpaired) electrons. The predicted molar refractivity (Wildman–Crippen MR) is 112 cm³/mol. The molecule has 0 fully saturated rings. The summed E-state index contributed by atoms with van der Waals surface area (Å²) in [4.78, 5) is 14.1. The van der Waals surface area contributed by atoms with E-state index in [0.717, 1.165) is 24.0 Å². The number of sulfonamides is 1. The Hall–Kier alpha value is -2.58. The van der Waals surface area contributed by atoms with Crippen LogP contribution in [-0.4, -0.2) is 41.2 Å². The van der Waals surface area contributed by atoms with Gasteiger partial charge in [0.2, 0.25) is 0 Å². The zero-order chi connectivity index (χ0) is 21.0. The number of aryl methyl sites for hydroxylation is 2. The van der Waals surface area contributed by atoms with E-state index in [4.69, 9.17) is 9.47 Å². The van der Waals surface area contributed by atoms with Crippen LogP contribution in [-0.2, 0) is 26.0 Å². The molecule has 0 bridgehead atoms. The van der Waals surface area contributed by atoms with Crippen molar-refractivity contribution in [1.82, 2.24) is 0 Å². The molecule has 1 heterocycles. The van der Waals surface area contributed by atoms with Crippen LogP contribution < -0.4 is 14.4 Å². The molecule has 1 aliphatic heterocycles. The van der Waals surface area contributed by atoms with E-state index < -0.39 is 10.0 Å². The molecule has 0 saturated heterocycles. The van der Waals surface area contributed by atoms with Gasteiger partial charge in [-0.15, -0.1) is 0 Å². The Bertz CT molecular complexity index is 1000. The van der Waals surface area contributed by atoms with Crippen LogP contribution in [0, 0.1) is 6.92 Å². The van der Waals surface area contributed by atoms with Gasteiger partial charge >= 0.3 is 0 Å². The predicted octanol–water partition coefficient (Wildman–Crippen LogP) is 3.12. The number of benzene rings is 2. The Morgan fingerprint density at radius 3 is 2.72 bits per heavy atom. The number of nitrogens with one attached hydrogen (secondary N) is 1. The summed E-state index contributed by atoms with van der Waals surface area (Å²) in [5.41, 5.74) is 2.93. The molecule has 29 heavy (non-hydrogen) atoms. The number of carbonyl (C=O) groups excluding carboxylic acids is 1. The van der Waals surface area contributed by atoms with Crippen LogP contribution in [0.3, 0.4) is 0 Å². The highest BCUT2D eigenvalue weighted by molar-refractivity contribution is 7.92. The Morgan fingerprint density at radius 1 is 1.21 bits per heavy atom. The fourth-order valence-corrected chi connectivity index (χ4v) is 4.69. The summed E-state index contributed by atoms with van der Waals surface area (Å²) >= 11 is 0. The lowest BCUT2D eigenvalue weighted by atomic mass is 10.0. The van der Waals surface area contributed by atoms with Gasteiger partial charge in [0.25, 0.3) is 15.9 Å². The Balaban J connectivity index is 1.94. The number of ether oxygens (including phenoxy) is 2. The molecule has 8 heteroatoms. The quantitative estimate of drug-likeness (QED) is 0.747. The molecule has 0 spiro atoms. The van der Waals surface area contributed by atoms with Crippen LogP contribution in [0.25, 0.3) is 0 Å². The van der Waals surface area contributed by atoms with Crippen molar-refractivity contribution < 1.29 is 22.7 Å². The Kier molecular flexibility index (Phi) is 6.44. The van der Waals surface area contributed by atoms with Gasteiger partial charge in [-0.3, -0.25) is 9.52 Å². The number of fused-ring (bicyclic) bond motifs is 1. The molecule has 1 aliphatic rings. The molecule has 1 N–H and O–H groups in total. The maximum atomic E-state index is 13.0. The lowest BCUT2D eigenvalue weighted by molar-refractivity contribution is -0.122. The molecular formula is C21H26N2O5S. The fourth-order valence-electron chi connectivity index (χ4n) is 3.41. The van der Waals surface area contributed by atoms with E-state index in [9.17, 15) is 13.2 Å². The van der Waals surface area contributed by atoms with Crippen molar-refractivity contribution >= 4 is 27.3 Å². The van der Waals surface area contributed by atoms with Crippen molar-refractivity contribution in [1.29, 1.82) is 0 Å². The van der Waals surface area contributed by atoms with Crippen molar-refractivity contribution in [3.05, 3.63) is 47.5 Å². The summed E-state index contributed by atoms with van der Waals surface area (Å²) < 4.78 is 39.2. The highest BCUT2D eigenvalue weighted by Gasteiger charge is 2.25. The number of methoxy groups -OCH3 is 1. The molecule has 2 aromatic rings. The van der Waals surface area contributed by atoms with Gasteiger partial charge in [0.05, 0.1) is 12.3 Å². The average molecular weight is 419 g/mol. The van der Waals surface area contributed by atoms with Gasteiger partial charge in [-0.25, -0.2) is 8.42 Å². The average Bonchev–Trinajstić information content (AvgIpc) is 2.69. The summed E-state index contributed by atoms with van der Waals surface area (Å²) in [6.07, 6.45) is 1.69. The summed E-state index contributed by atoms with van der Waals surface area (Å²) in [5.74, 6) is 0.159. The topological polar surface area (TPSA) is 84.9 Å². The molecule has 7 nitrogen and oxygen atoms in total. The first-order valence-corrected chi connectivity index (χ1v) is 11.0. The molecule has 0 saturated carbocycles. The van der Waals surface area contributed by atoms with Crippen LogP contribution in [0.15, 0.2) is 41.3 Å². The van der Waals surface area contributed by atoms with Crippen molar-refractivity contribution in [3.8, 4) is 5.75 Å². The first-order valence-electron chi connectivity index (χ1n) is 9.54. The molecule has 0 aliphatic carbocycles. The minimum atomic E-state index is -3.87. The monoisotopic (exact) mass is 418 g/mol. The third-order valence-corrected chi connectivity index (χ3v) is 6.12. The largest absolute Gasteiger partial charge is 0.492 e. The number of hydrogen-bond donors (Lipinski definition) is 1. The zero-order valence-corrected chi connectivity index (χ0v) is 17.7. The van der Waals surface area contributed by atoms with Crippen molar-refractivity contribution in [2.75, 3.05) is 36.5 Å². The van der Waals surface area contributed by atoms with Crippen LogP contribution in [0.2, 0.25) is 0 Å². The van der Waals surface area contributed by atoms with Gasteiger partial charge < -0.3 is 14.4 Å². The summed E-state index contributed by atoms with van der Waals surface area (Å²) in [5, 5.41) is 0. The number of nitrogens with zero attached hydrogens (tertiary/aromatic N) is 1. The van der Waals surface area contributed by atoms with Crippen LogP contribution in [0.4, 0.5) is 11.4 Å². The van der Waals surface area contributed by atoms with Gasteiger partial charge in [0.1, 0.15) is 17.3 Å². The van der Waals surface area contributed by atoms with E-state index in [1.807, 2.05) is 19.1 Å². The van der Waals surface area contributed by atoms with E-state index in [1.54, 1.807) is 36.1 Å². The SMILES string of the molecule is CCOc1ccc(C)cc1S(=O)(=O)Nc1ccc2c(c1)N(C(=O)COC)CCC2. The number of carbonyl (C=O) groups is 1. The van der Waals surface area contributed by atoms with Crippen LogP contribution >= 0.6 is 0 Å². The molecule has 3 rings (SSSR count). The smallest absolute Gasteiger partial charge is 0.265 e. The minimum absolute atomic E-state index is 0.0175. The summed E-state index contributed by atoms with van der Waals surface area (Å²) in [7, 11) is -2.39. The number of anilines is 2. The number of hydrogen-bond acceptors (Lipinski definition) is 5. The van der Waals surface area contributed by atoms with E-state index in [1.165, 1.54) is 7.11 Å². The maximum absolute atomic E-state index is 13.0. The third-order valence-electron chi connectivity index (χ3n) is 4.71. The van der Waals surface area contributed by atoms with Crippen molar-refractivity contribution in [3.63, 3.8) is 0 Å². The molecular weight excluding hydrogens is 392 g/mol. The zero-order valence-electron chi connectivity index (χ0n) is 16.9. The summed E-state index contributed by atoms with van der Waals surface area (Å²) in [6.45, 7) is 4.56. The lowest BCUT2D eigenvalue weighted by Gasteiger charge is -2.30. The highest BCUT2D eigenvalue weighted by atomic mass is 32.2. The van der Waals surface area contributed by atoms with E-state index in [-0.39, 0.29) is 17.4 Å². The Labute approximate surface area is 171 Å². The standard InChI is InChI=1S/C21H26N2O5S/c1-4-28-19-10-7-15(2)12-20(19)29(25,26)22-17-9-8-16-6-5-11-23(18(16)13-17)21(24)14-27-3/h7-10,12-13,22H,4-6,11,14H2,1-3H3. The van der Waals surface area contributed by atoms with E-state index in [0.29, 0.717) is 30.3 Å². The van der Waals surface area contributed by atoms with E-state index >= 15 is 0 Å². The normalized spacial score (nSPS) is 13.7. The van der Waals surface area contributed by atoms with Gasteiger partial charge in [0.15, 0.2) is 0 Å². The number of amides is 1. The van der Waals surface area contributed by atoms with Crippen LogP contribution in [0.5, 0.6) is 5.75 Å². The van der Waals surface area contributed by atoms with Crippen molar-refractivity contribution in [2.24, 2.45) is 0 Å². The maximum Gasteiger partial charge on any atom is 0.265 e. The molecule has 1 amide bonds. The summed E-state index contributed by atoms with van der Waals surface area (Å²) in [6, 6.07) is 10.3. The first-order chi connectivity index (χ1) is 13.9. The van der Waals surface area contributed by atoms with E-state index in [2.05, 4.69) is 4.72 Å². The second-order valence-corrected chi connectivity index (χ2v) is 8.56.